The highest BCUT2D eigenvalue weighted by atomic mass is 16.5. The third kappa shape index (κ3) is 5.13. The topological polar surface area (TPSA) is 93.2 Å². The average molecular weight is 328 g/mol. The number of benzene rings is 1. The zero-order valence-corrected chi connectivity index (χ0v) is 13.7. The molecule has 0 aliphatic carbocycles. The molecule has 0 aliphatic heterocycles. The van der Waals surface area contributed by atoms with Crippen LogP contribution in [0.15, 0.2) is 36.7 Å². The van der Waals surface area contributed by atoms with E-state index in [4.69, 9.17) is 4.74 Å². The molecule has 7 heteroatoms. The Bertz CT molecular complexity index is 701. The number of hydrogen-bond acceptors (Lipinski definition) is 6. The average Bonchev–Trinajstić information content (AvgIpc) is 2.59. The third-order valence-electron chi connectivity index (χ3n) is 3.24. The molecule has 0 fully saturated rings. The third-order valence-corrected chi connectivity index (χ3v) is 3.24. The van der Waals surface area contributed by atoms with Gasteiger partial charge in [-0.3, -0.25) is 9.59 Å². The highest BCUT2D eigenvalue weighted by Crippen LogP contribution is 2.12. The van der Waals surface area contributed by atoms with Gasteiger partial charge in [-0.05, 0) is 25.5 Å². The predicted molar refractivity (Wildman–Crippen MR) is 91.4 cm³/mol. The summed E-state index contributed by atoms with van der Waals surface area (Å²) >= 11 is 0. The Labute approximate surface area is 140 Å². The highest BCUT2D eigenvalue weighted by Gasteiger charge is 2.09. The molecule has 0 bridgehead atoms. The lowest BCUT2D eigenvalue weighted by atomic mass is 10.1. The van der Waals surface area contributed by atoms with Crippen LogP contribution in [0.1, 0.15) is 34.2 Å². The minimum Gasteiger partial charge on any atom is -0.385 e. The maximum atomic E-state index is 12.2. The molecule has 0 aliphatic rings. The summed E-state index contributed by atoms with van der Waals surface area (Å²) in [6.45, 7) is 2.86. The molecule has 0 radical (unpaired) electrons. The van der Waals surface area contributed by atoms with E-state index in [9.17, 15) is 9.59 Å². The number of Topliss-reactive ketones (excluding diaryl/α,β-unsaturated/α-hetero) is 1. The number of hydrogen-bond donors (Lipinski definition) is 2. The SMILES string of the molecule is COCCCNc1cnc(C(=O)Nc2cccc(C(C)=O)c2)cn1. The summed E-state index contributed by atoms with van der Waals surface area (Å²) in [7, 11) is 1.65. The van der Waals surface area contributed by atoms with E-state index in [1.54, 1.807) is 31.4 Å². The van der Waals surface area contributed by atoms with Crippen LogP contribution in [0.25, 0.3) is 0 Å². The molecule has 1 amide bonds. The fraction of sp³-hybridized carbons (Fsp3) is 0.294. The van der Waals surface area contributed by atoms with E-state index in [0.29, 0.717) is 30.2 Å². The zero-order chi connectivity index (χ0) is 17.4. The van der Waals surface area contributed by atoms with Gasteiger partial charge in [-0.15, -0.1) is 0 Å². The van der Waals surface area contributed by atoms with Crippen molar-refractivity contribution in [2.45, 2.75) is 13.3 Å². The molecular formula is C17H20N4O3. The highest BCUT2D eigenvalue weighted by molar-refractivity contribution is 6.03. The smallest absolute Gasteiger partial charge is 0.275 e. The van der Waals surface area contributed by atoms with Crippen molar-refractivity contribution in [2.24, 2.45) is 0 Å². The van der Waals surface area contributed by atoms with Gasteiger partial charge in [0, 0.05) is 31.5 Å². The van der Waals surface area contributed by atoms with E-state index < -0.39 is 0 Å². The minimum absolute atomic E-state index is 0.0604. The Hall–Kier alpha value is -2.80. The predicted octanol–water partition coefficient (Wildman–Crippen LogP) is 2.38. The molecule has 2 aromatic rings. The first-order chi connectivity index (χ1) is 11.6. The number of carbonyl (C=O) groups is 2. The van der Waals surface area contributed by atoms with Crippen molar-refractivity contribution in [3.8, 4) is 0 Å². The van der Waals surface area contributed by atoms with E-state index in [-0.39, 0.29) is 17.4 Å². The van der Waals surface area contributed by atoms with E-state index in [1.165, 1.54) is 19.3 Å². The number of rotatable bonds is 8. The number of ketones is 1. The lowest BCUT2D eigenvalue weighted by Gasteiger charge is -2.07. The van der Waals surface area contributed by atoms with Gasteiger partial charge in [-0.25, -0.2) is 9.97 Å². The minimum atomic E-state index is -0.380. The van der Waals surface area contributed by atoms with Crippen LogP contribution in [0.5, 0.6) is 0 Å². The molecule has 2 rings (SSSR count). The van der Waals surface area contributed by atoms with E-state index in [1.807, 2.05) is 0 Å². The molecular weight excluding hydrogens is 308 g/mol. The molecule has 7 nitrogen and oxygen atoms in total. The van der Waals surface area contributed by atoms with Crippen LogP contribution in [0.4, 0.5) is 11.5 Å². The van der Waals surface area contributed by atoms with Crippen LogP contribution in [0.3, 0.4) is 0 Å². The van der Waals surface area contributed by atoms with Gasteiger partial charge < -0.3 is 15.4 Å². The Morgan fingerprint density at radius 2 is 2.04 bits per heavy atom. The van der Waals surface area contributed by atoms with Crippen molar-refractivity contribution in [3.63, 3.8) is 0 Å². The van der Waals surface area contributed by atoms with Gasteiger partial charge in [0.1, 0.15) is 11.5 Å². The maximum absolute atomic E-state index is 12.2. The molecule has 1 aromatic carbocycles. The summed E-state index contributed by atoms with van der Waals surface area (Å²) in [6.07, 6.45) is 3.77. The van der Waals surface area contributed by atoms with Crippen LogP contribution < -0.4 is 10.6 Å². The Morgan fingerprint density at radius 1 is 1.21 bits per heavy atom. The number of nitrogens with one attached hydrogen (secondary N) is 2. The molecule has 1 aromatic heterocycles. The molecule has 1 heterocycles. The van der Waals surface area contributed by atoms with Crippen molar-refractivity contribution in [2.75, 3.05) is 30.9 Å². The maximum Gasteiger partial charge on any atom is 0.275 e. The number of nitrogens with zero attached hydrogens (tertiary/aromatic N) is 2. The van der Waals surface area contributed by atoms with Crippen LogP contribution in [-0.2, 0) is 4.74 Å². The largest absolute Gasteiger partial charge is 0.385 e. The van der Waals surface area contributed by atoms with Crippen LogP contribution in [0, 0.1) is 0 Å². The number of methoxy groups -OCH3 is 1. The molecule has 0 atom stereocenters. The van der Waals surface area contributed by atoms with Crippen molar-refractivity contribution in [1.82, 2.24) is 9.97 Å². The molecule has 0 unspecified atom stereocenters. The quantitative estimate of drug-likeness (QED) is 0.571. The van der Waals surface area contributed by atoms with Gasteiger partial charge in [0.15, 0.2) is 5.78 Å². The van der Waals surface area contributed by atoms with Gasteiger partial charge in [-0.1, -0.05) is 12.1 Å². The molecule has 0 saturated carbocycles. The normalized spacial score (nSPS) is 10.2. The Morgan fingerprint density at radius 3 is 2.71 bits per heavy atom. The summed E-state index contributed by atoms with van der Waals surface area (Å²) in [5.41, 5.74) is 1.27. The molecule has 2 N–H and O–H groups in total. The lowest BCUT2D eigenvalue weighted by Crippen LogP contribution is -2.15. The summed E-state index contributed by atoms with van der Waals surface area (Å²) in [4.78, 5) is 31.8. The first-order valence-corrected chi connectivity index (χ1v) is 7.57. The number of anilines is 2. The monoisotopic (exact) mass is 328 g/mol. The Balaban J connectivity index is 1.95. The van der Waals surface area contributed by atoms with Crippen molar-refractivity contribution in [3.05, 3.63) is 47.9 Å². The fourth-order valence-electron chi connectivity index (χ4n) is 1.98. The summed E-state index contributed by atoms with van der Waals surface area (Å²) in [5, 5.41) is 5.79. The zero-order valence-electron chi connectivity index (χ0n) is 13.7. The van der Waals surface area contributed by atoms with Crippen molar-refractivity contribution < 1.29 is 14.3 Å². The van der Waals surface area contributed by atoms with Crippen LogP contribution in [-0.4, -0.2) is 41.9 Å². The van der Waals surface area contributed by atoms with E-state index >= 15 is 0 Å². The van der Waals surface area contributed by atoms with Crippen molar-refractivity contribution in [1.29, 1.82) is 0 Å². The number of carbonyl (C=O) groups excluding carboxylic acids is 2. The second kappa shape index (κ2) is 8.73. The molecule has 24 heavy (non-hydrogen) atoms. The molecule has 0 spiro atoms. The van der Waals surface area contributed by atoms with Gasteiger partial charge in [0.05, 0.1) is 12.4 Å². The Kier molecular flexibility index (Phi) is 6.39. The van der Waals surface area contributed by atoms with Crippen LogP contribution in [0.2, 0.25) is 0 Å². The lowest BCUT2D eigenvalue weighted by molar-refractivity contribution is 0.100. The van der Waals surface area contributed by atoms with Gasteiger partial charge >= 0.3 is 0 Å². The first-order valence-electron chi connectivity index (χ1n) is 7.57. The van der Waals surface area contributed by atoms with Crippen molar-refractivity contribution >= 4 is 23.2 Å². The van der Waals surface area contributed by atoms with Gasteiger partial charge in [0.2, 0.25) is 0 Å². The standard InChI is InChI=1S/C17H20N4O3/c1-12(22)13-5-3-6-14(9-13)21-17(23)15-10-20-16(11-19-15)18-7-4-8-24-2/h3,5-6,9-11H,4,7-8H2,1-2H3,(H,18,20)(H,21,23). The summed E-state index contributed by atoms with van der Waals surface area (Å²) in [6, 6.07) is 6.75. The van der Waals surface area contributed by atoms with Gasteiger partial charge in [-0.2, -0.15) is 0 Å². The molecule has 126 valence electrons. The number of ether oxygens (including phenoxy) is 1. The second-order valence-corrected chi connectivity index (χ2v) is 5.15. The summed E-state index contributed by atoms with van der Waals surface area (Å²) in [5.74, 6) is 0.158. The molecule has 0 saturated heterocycles. The van der Waals surface area contributed by atoms with Crippen LogP contribution >= 0.6 is 0 Å². The number of amides is 1. The fourth-order valence-corrected chi connectivity index (χ4v) is 1.98. The van der Waals surface area contributed by atoms with Gasteiger partial charge in [0.25, 0.3) is 5.91 Å². The summed E-state index contributed by atoms with van der Waals surface area (Å²) < 4.78 is 4.96. The van der Waals surface area contributed by atoms with E-state index in [0.717, 1.165) is 6.42 Å². The second-order valence-electron chi connectivity index (χ2n) is 5.15. The first kappa shape index (κ1) is 17.6. The number of aromatic nitrogens is 2. The van der Waals surface area contributed by atoms with E-state index in [2.05, 4.69) is 20.6 Å².